The van der Waals surface area contributed by atoms with Crippen molar-refractivity contribution >= 4 is 5.91 Å². The molecule has 1 amide bonds. The third-order valence-electron chi connectivity index (χ3n) is 3.54. The number of nitrogens with zero attached hydrogens (tertiary/aromatic N) is 1. The number of aliphatic hydroxyl groups is 1. The van der Waals surface area contributed by atoms with Crippen LogP contribution in [0, 0.1) is 12.8 Å². The number of aryl methyl sites for hydroxylation is 1. The van der Waals surface area contributed by atoms with Crippen LogP contribution in [0.1, 0.15) is 28.8 Å². The molecule has 92 valence electrons. The molecule has 1 aromatic rings. The third-order valence-corrected chi connectivity index (χ3v) is 3.54. The summed E-state index contributed by atoms with van der Waals surface area (Å²) < 4.78 is 0. The molecule has 1 aromatic carbocycles. The predicted octanol–water partition coefficient (Wildman–Crippen LogP) is 1.84. The maximum Gasteiger partial charge on any atom is 0.254 e. The average Bonchev–Trinajstić information content (AvgIpc) is 2.39. The van der Waals surface area contributed by atoms with Crippen molar-refractivity contribution in [3.8, 4) is 0 Å². The molecule has 0 aliphatic carbocycles. The lowest BCUT2D eigenvalue weighted by Crippen LogP contribution is -2.39. The number of carbonyl (C=O) groups is 1. The minimum Gasteiger partial charge on any atom is -0.396 e. The van der Waals surface area contributed by atoms with Crippen LogP contribution in [0.4, 0.5) is 0 Å². The van der Waals surface area contributed by atoms with E-state index in [9.17, 15) is 4.79 Å². The minimum absolute atomic E-state index is 0.125. The van der Waals surface area contributed by atoms with Gasteiger partial charge in [0, 0.05) is 25.3 Å². The molecule has 0 spiro atoms. The Kier molecular flexibility index (Phi) is 3.79. The van der Waals surface area contributed by atoms with Gasteiger partial charge < -0.3 is 10.0 Å². The first-order chi connectivity index (χ1) is 8.22. The standard InChI is InChI=1S/C14H19NO2/c1-11-4-2-3-5-13(11)14(17)15-8-6-12(10-16)7-9-15/h2-5,12,16H,6-10H2,1H3. The van der Waals surface area contributed by atoms with Crippen LogP contribution in [0.25, 0.3) is 0 Å². The van der Waals surface area contributed by atoms with Gasteiger partial charge >= 0.3 is 0 Å². The summed E-state index contributed by atoms with van der Waals surface area (Å²) in [6.07, 6.45) is 1.82. The number of aliphatic hydroxyl groups excluding tert-OH is 1. The summed E-state index contributed by atoms with van der Waals surface area (Å²) in [6, 6.07) is 7.70. The fraction of sp³-hybridized carbons (Fsp3) is 0.500. The van der Waals surface area contributed by atoms with E-state index >= 15 is 0 Å². The SMILES string of the molecule is Cc1ccccc1C(=O)N1CCC(CO)CC1. The summed E-state index contributed by atoms with van der Waals surface area (Å²) in [5, 5.41) is 9.07. The smallest absolute Gasteiger partial charge is 0.254 e. The van der Waals surface area contributed by atoms with Gasteiger partial charge in [-0.1, -0.05) is 18.2 Å². The molecule has 0 bridgehead atoms. The fourth-order valence-electron chi connectivity index (χ4n) is 2.30. The van der Waals surface area contributed by atoms with Gasteiger partial charge in [0.15, 0.2) is 0 Å². The van der Waals surface area contributed by atoms with Gasteiger partial charge in [0.25, 0.3) is 5.91 Å². The first-order valence-electron chi connectivity index (χ1n) is 6.18. The zero-order chi connectivity index (χ0) is 12.3. The molecule has 1 fully saturated rings. The first kappa shape index (κ1) is 12.1. The van der Waals surface area contributed by atoms with E-state index in [0.717, 1.165) is 37.1 Å². The lowest BCUT2D eigenvalue weighted by Gasteiger charge is -2.31. The van der Waals surface area contributed by atoms with Crippen molar-refractivity contribution in [3.05, 3.63) is 35.4 Å². The van der Waals surface area contributed by atoms with Gasteiger partial charge in [-0.25, -0.2) is 0 Å². The van der Waals surface area contributed by atoms with Crippen LogP contribution in [-0.2, 0) is 0 Å². The van der Waals surface area contributed by atoms with Gasteiger partial charge in [-0.05, 0) is 37.3 Å². The van der Waals surface area contributed by atoms with Gasteiger partial charge in [-0.3, -0.25) is 4.79 Å². The molecule has 1 N–H and O–H groups in total. The van der Waals surface area contributed by atoms with Crippen LogP contribution in [0.2, 0.25) is 0 Å². The molecule has 1 aliphatic rings. The Morgan fingerprint density at radius 3 is 2.59 bits per heavy atom. The van der Waals surface area contributed by atoms with Crippen LogP contribution in [0.15, 0.2) is 24.3 Å². The van der Waals surface area contributed by atoms with Crippen LogP contribution in [0.5, 0.6) is 0 Å². The molecule has 0 atom stereocenters. The highest BCUT2D eigenvalue weighted by Crippen LogP contribution is 2.19. The summed E-state index contributed by atoms with van der Waals surface area (Å²) in [6.45, 7) is 3.73. The molecular weight excluding hydrogens is 214 g/mol. The van der Waals surface area contributed by atoms with E-state index in [4.69, 9.17) is 5.11 Å². The highest BCUT2D eigenvalue weighted by Gasteiger charge is 2.23. The number of benzene rings is 1. The topological polar surface area (TPSA) is 40.5 Å². The zero-order valence-corrected chi connectivity index (χ0v) is 10.2. The molecule has 1 saturated heterocycles. The molecule has 0 unspecified atom stereocenters. The molecule has 1 heterocycles. The number of rotatable bonds is 2. The average molecular weight is 233 g/mol. The highest BCUT2D eigenvalue weighted by molar-refractivity contribution is 5.95. The second-order valence-corrected chi connectivity index (χ2v) is 4.73. The summed E-state index contributed by atoms with van der Waals surface area (Å²) in [4.78, 5) is 14.2. The quantitative estimate of drug-likeness (QED) is 0.846. The molecule has 3 nitrogen and oxygen atoms in total. The number of hydrogen-bond donors (Lipinski definition) is 1. The number of carbonyl (C=O) groups excluding carboxylic acids is 1. The Morgan fingerprint density at radius 2 is 2.00 bits per heavy atom. The molecule has 17 heavy (non-hydrogen) atoms. The fourth-order valence-corrected chi connectivity index (χ4v) is 2.30. The highest BCUT2D eigenvalue weighted by atomic mass is 16.3. The maximum absolute atomic E-state index is 12.3. The van der Waals surface area contributed by atoms with Crippen LogP contribution in [-0.4, -0.2) is 35.6 Å². The first-order valence-corrected chi connectivity index (χ1v) is 6.18. The number of hydrogen-bond acceptors (Lipinski definition) is 2. The van der Waals surface area contributed by atoms with E-state index in [0.29, 0.717) is 5.92 Å². The number of piperidine rings is 1. The Morgan fingerprint density at radius 1 is 1.35 bits per heavy atom. The zero-order valence-electron chi connectivity index (χ0n) is 10.2. The van der Waals surface area contributed by atoms with Crippen LogP contribution >= 0.6 is 0 Å². The summed E-state index contributed by atoms with van der Waals surface area (Å²) in [7, 11) is 0. The van der Waals surface area contributed by atoms with Gasteiger partial charge in [0.05, 0.1) is 0 Å². The second-order valence-electron chi connectivity index (χ2n) is 4.73. The molecule has 0 saturated carbocycles. The molecule has 0 radical (unpaired) electrons. The van der Waals surface area contributed by atoms with E-state index in [2.05, 4.69) is 0 Å². The van der Waals surface area contributed by atoms with Gasteiger partial charge in [0.1, 0.15) is 0 Å². The lowest BCUT2D eigenvalue weighted by atomic mass is 9.97. The molecular formula is C14H19NO2. The monoisotopic (exact) mass is 233 g/mol. The summed E-state index contributed by atoms with van der Waals surface area (Å²) in [5.74, 6) is 0.496. The Bertz CT molecular complexity index is 395. The van der Waals surface area contributed by atoms with Gasteiger partial charge in [-0.15, -0.1) is 0 Å². The molecule has 3 heteroatoms. The number of amides is 1. The minimum atomic E-state index is 0.125. The van der Waals surface area contributed by atoms with Crippen LogP contribution in [0.3, 0.4) is 0 Å². The van der Waals surface area contributed by atoms with Crippen molar-refractivity contribution in [2.24, 2.45) is 5.92 Å². The molecule has 2 rings (SSSR count). The van der Waals surface area contributed by atoms with E-state index in [1.807, 2.05) is 36.1 Å². The van der Waals surface area contributed by atoms with Crippen molar-refractivity contribution in [2.45, 2.75) is 19.8 Å². The third kappa shape index (κ3) is 2.67. The summed E-state index contributed by atoms with van der Waals surface area (Å²) >= 11 is 0. The van der Waals surface area contributed by atoms with E-state index in [1.165, 1.54) is 0 Å². The molecule has 0 aromatic heterocycles. The normalized spacial score (nSPS) is 17.2. The number of likely N-dealkylation sites (tertiary alicyclic amines) is 1. The molecule has 1 aliphatic heterocycles. The van der Waals surface area contributed by atoms with Crippen molar-refractivity contribution in [2.75, 3.05) is 19.7 Å². The summed E-state index contributed by atoms with van der Waals surface area (Å²) in [5.41, 5.74) is 1.83. The van der Waals surface area contributed by atoms with Gasteiger partial charge in [-0.2, -0.15) is 0 Å². The Labute approximate surface area is 102 Å². The van der Waals surface area contributed by atoms with E-state index < -0.39 is 0 Å². The van der Waals surface area contributed by atoms with E-state index in [1.54, 1.807) is 0 Å². The predicted molar refractivity (Wildman–Crippen MR) is 66.9 cm³/mol. The van der Waals surface area contributed by atoms with Crippen molar-refractivity contribution < 1.29 is 9.90 Å². The van der Waals surface area contributed by atoms with Crippen molar-refractivity contribution in [3.63, 3.8) is 0 Å². The van der Waals surface area contributed by atoms with Crippen LogP contribution < -0.4 is 0 Å². The van der Waals surface area contributed by atoms with Crippen molar-refractivity contribution in [1.29, 1.82) is 0 Å². The Balaban J connectivity index is 2.04. The lowest BCUT2D eigenvalue weighted by molar-refractivity contribution is 0.0650. The Hall–Kier alpha value is -1.35. The largest absolute Gasteiger partial charge is 0.396 e. The van der Waals surface area contributed by atoms with Gasteiger partial charge in [0.2, 0.25) is 0 Å². The van der Waals surface area contributed by atoms with E-state index in [-0.39, 0.29) is 12.5 Å². The van der Waals surface area contributed by atoms with Crippen molar-refractivity contribution in [1.82, 2.24) is 4.90 Å². The second kappa shape index (κ2) is 5.32. The maximum atomic E-state index is 12.3.